The maximum atomic E-state index is 12.4. The van der Waals surface area contributed by atoms with Crippen LogP contribution in [0, 0.1) is 0 Å². The highest BCUT2D eigenvalue weighted by Gasteiger charge is 2.15. The molecule has 0 aliphatic heterocycles. The van der Waals surface area contributed by atoms with Gasteiger partial charge in [0.1, 0.15) is 11.1 Å². The SMILES string of the molecule is C[C@H](CCc1ccccc1)NC(=O)c1cc2ccccc2oc1=O. The van der Waals surface area contributed by atoms with Crippen molar-refractivity contribution in [3.8, 4) is 0 Å². The highest BCUT2D eigenvalue weighted by Crippen LogP contribution is 2.13. The fourth-order valence-corrected chi connectivity index (χ4v) is 2.62. The molecule has 3 aromatic rings. The van der Waals surface area contributed by atoms with Crippen molar-refractivity contribution < 1.29 is 9.21 Å². The fraction of sp³-hybridized carbons (Fsp3) is 0.200. The molecule has 2 aromatic carbocycles. The zero-order valence-corrected chi connectivity index (χ0v) is 13.5. The Hall–Kier alpha value is -2.88. The second kappa shape index (κ2) is 7.13. The minimum Gasteiger partial charge on any atom is -0.422 e. The Morgan fingerprint density at radius 1 is 1.08 bits per heavy atom. The van der Waals surface area contributed by atoms with Gasteiger partial charge in [0.25, 0.3) is 5.91 Å². The molecule has 1 aromatic heterocycles. The minimum atomic E-state index is -0.610. The number of carbonyl (C=O) groups excluding carboxylic acids is 1. The average Bonchev–Trinajstić information content (AvgIpc) is 2.60. The van der Waals surface area contributed by atoms with E-state index in [-0.39, 0.29) is 11.6 Å². The van der Waals surface area contributed by atoms with Gasteiger partial charge in [-0.3, -0.25) is 4.79 Å². The number of nitrogens with one attached hydrogen (secondary N) is 1. The molecule has 122 valence electrons. The van der Waals surface area contributed by atoms with Crippen molar-refractivity contribution in [3.63, 3.8) is 0 Å². The summed E-state index contributed by atoms with van der Waals surface area (Å²) in [4.78, 5) is 24.4. The number of hydrogen-bond acceptors (Lipinski definition) is 3. The number of fused-ring (bicyclic) bond motifs is 1. The largest absolute Gasteiger partial charge is 0.422 e. The molecule has 24 heavy (non-hydrogen) atoms. The van der Waals surface area contributed by atoms with Crippen LogP contribution in [-0.2, 0) is 6.42 Å². The lowest BCUT2D eigenvalue weighted by Crippen LogP contribution is -2.35. The van der Waals surface area contributed by atoms with Gasteiger partial charge in [-0.15, -0.1) is 0 Å². The Morgan fingerprint density at radius 2 is 1.79 bits per heavy atom. The van der Waals surface area contributed by atoms with E-state index >= 15 is 0 Å². The van der Waals surface area contributed by atoms with Gasteiger partial charge in [-0.2, -0.15) is 0 Å². The number of rotatable bonds is 5. The molecule has 3 rings (SSSR count). The molecule has 0 aliphatic carbocycles. The molecule has 1 N–H and O–H groups in total. The van der Waals surface area contributed by atoms with Gasteiger partial charge in [0.05, 0.1) is 0 Å². The lowest BCUT2D eigenvalue weighted by molar-refractivity contribution is 0.0935. The third kappa shape index (κ3) is 3.71. The van der Waals surface area contributed by atoms with Crippen LogP contribution in [0.1, 0.15) is 29.3 Å². The van der Waals surface area contributed by atoms with Gasteiger partial charge in [0.2, 0.25) is 0 Å². The van der Waals surface area contributed by atoms with E-state index in [1.54, 1.807) is 18.2 Å². The van der Waals surface area contributed by atoms with Gasteiger partial charge in [-0.25, -0.2) is 4.79 Å². The summed E-state index contributed by atoms with van der Waals surface area (Å²) in [5, 5.41) is 3.61. The molecular formula is C20H19NO3. The molecule has 0 saturated carbocycles. The van der Waals surface area contributed by atoms with Gasteiger partial charge in [-0.05, 0) is 37.5 Å². The normalized spacial score (nSPS) is 12.0. The average molecular weight is 321 g/mol. The smallest absolute Gasteiger partial charge is 0.349 e. The van der Waals surface area contributed by atoms with Crippen molar-refractivity contribution in [3.05, 3.63) is 82.2 Å². The van der Waals surface area contributed by atoms with Crippen molar-refractivity contribution in [2.45, 2.75) is 25.8 Å². The second-order valence-electron chi connectivity index (χ2n) is 5.88. The summed E-state index contributed by atoms with van der Waals surface area (Å²) in [7, 11) is 0. The van der Waals surface area contributed by atoms with Crippen molar-refractivity contribution in [2.24, 2.45) is 0 Å². The van der Waals surface area contributed by atoms with Crippen molar-refractivity contribution in [1.29, 1.82) is 0 Å². The molecule has 1 atom stereocenters. The highest BCUT2D eigenvalue weighted by molar-refractivity contribution is 5.96. The van der Waals surface area contributed by atoms with E-state index < -0.39 is 11.5 Å². The Labute approximate surface area is 140 Å². The van der Waals surface area contributed by atoms with Crippen LogP contribution in [0.5, 0.6) is 0 Å². The molecular weight excluding hydrogens is 302 g/mol. The van der Waals surface area contributed by atoms with E-state index in [1.807, 2.05) is 37.3 Å². The van der Waals surface area contributed by atoms with E-state index in [0.717, 1.165) is 18.2 Å². The molecule has 4 nitrogen and oxygen atoms in total. The van der Waals surface area contributed by atoms with Gasteiger partial charge >= 0.3 is 5.63 Å². The Kier molecular flexibility index (Phi) is 4.75. The van der Waals surface area contributed by atoms with Crippen LogP contribution in [0.3, 0.4) is 0 Å². The van der Waals surface area contributed by atoms with Crippen LogP contribution in [-0.4, -0.2) is 11.9 Å². The Balaban J connectivity index is 1.68. The van der Waals surface area contributed by atoms with E-state index in [4.69, 9.17) is 4.42 Å². The van der Waals surface area contributed by atoms with Crippen molar-refractivity contribution in [2.75, 3.05) is 0 Å². The summed E-state index contributed by atoms with van der Waals surface area (Å²) in [5.74, 6) is -0.393. The van der Waals surface area contributed by atoms with Crippen LogP contribution < -0.4 is 10.9 Å². The van der Waals surface area contributed by atoms with Gasteiger partial charge in [-0.1, -0.05) is 48.5 Å². The molecule has 0 fully saturated rings. The number of amides is 1. The lowest BCUT2D eigenvalue weighted by atomic mass is 10.1. The number of carbonyl (C=O) groups is 1. The molecule has 0 aliphatic rings. The van der Waals surface area contributed by atoms with Crippen LogP contribution in [0.15, 0.2) is 69.9 Å². The number of aryl methyl sites for hydroxylation is 1. The summed E-state index contributed by atoms with van der Waals surface area (Å²) in [6.45, 7) is 1.93. The van der Waals surface area contributed by atoms with E-state index in [0.29, 0.717) is 5.58 Å². The van der Waals surface area contributed by atoms with Gasteiger partial charge in [0.15, 0.2) is 0 Å². The third-order valence-electron chi connectivity index (χ3n) is 3.97. The van der Waals surface area contributed by atoms with Crippen LogP contribution in [0.4, 0.5) is 0 Å². The van der Waals surface area contributed by atoms with Gasteiger partial charge in [0, 0.05) is 11.4 Å². The third-order valence-corrected chi connectivity index (χ3v) is 3.97. The Bertz CT molecular complexity index is 899. The Morgan fingerprint density at radius 3 is 2.58 bits per heavy atom. The second-order valence-corrected chi connectivity index (χ2v) is 5.88. The lowest BCUT2D eigenvalue weighted by Gasteiger charge is -2.13. The van der Waals surface area contributed by atoms with Crippen LogP contribution in [0.25, 0.3) is 11.0 Å². The molecule has 1 amide bonds. The van der Waals surface area contributed by atoms with E-state index in [9.17, 15) is 9.59 Å². The summed E-state index contributed by atoms with van der Waals surface area (Å²) >= 11 is 0. The summed E-state index contributed by atoms with van der Waals surface area (Å²) in [5.41, 5.74) is 1.14. The molecule has 0 spiro atoms. The predicted octanol–water partition coefficient (Wildman–Crippen LogP) is 3.54. The first-order valence-corrected chi connectivity index (χ1v) is 8.01. The number of benzene rings is 2. The predicted molar refractivity (Wildman–Crippen MR) is 94.2 cm³/mol. The maximum Gasteiger partial charge on any atom is 0.349 e. The molecule has 0 radical (unpaired) electrons. The van der Waals surface area contributed by atoms with Crippen molar-refractivity contribution in [1.82, 2.24) is 5.32 Å². The molecule has 4 heteroatoms. The van der Waals surface area contributed by atoms with E-state index in [2.05, 4.69) is 17.4 Å². The molecule has 0 saturated heterocycles. The first-order chi connectivity index (χ1) is 11.6. The van der Waals surface area contributed by atoms with Gasteiger partial charge < -0.3 is 9.73 Å². The summed E-state index contributed by atoms with van der Waals surface area (Å²) in [6.07, 6.45) is 1.67. The van der Waals surface area contributed by atoms with Crippen LogP contribution >= 0.6 is 0 Å². The summed E-state index contributed by atoms with van der Waals surface area (Å²) in [6, 6.07) is 18.8. The summed E-state index contributed by atoms with van der Waals surface area (Å²) < 4.78 is 5.21. The minimum absolute atomic E-state index is 0.0384. The zero-order chi connectivity index (χ0) is 16.9. The van der Waals surface area contributed by atoms with Crippen molar-refractivity contribution >= 4 is 16.9 Å². The molecule has 0 unspecified atom stereocenters. The quantitative estimate of drug-likeness (QED) is 0.731. The zero-order valence-electron chi connectivity index (χ0n) is 13.5. The first kappa shape index (κ1) is 16.0. The first-order valence-electron chi connectivity index (χ1n) is 8.01. The number of hydrogen-bond donors (Lipinski definition) is 1. The number of para-hydroxylation sites is 1. The monoisotopic (exact) mass is 321 g/mol. The van der Waals surface area contributed by atoms with E-state index in [1.165, 1.54) is 5.56 Å². The standard InChI is InChI=1S/C20H19NO3/c1-14(11-12-15-7-3-2-4-8-15)21-19(22)17-13-16-9-5-6-10-18(16)24-20(17)23/h2-10,13-14H,11-12H2,1H3,(H,21,22)/t14-/m1/s1. The molecule has 1 heterocycles. The highest BCUT2D eigenvalue weighted by atomic mass is 16.4. The molecule has 0 bridgehead atoms. The fourth-order valence-electron chi connectivity index (χ4n) is 2.62. The topological polar surface area (TPSA) is 59.3 Å². The maximum absolute atomic E-state index is 12.4. The van der Waals surface area contributed by atoms with Crippen LogP contribution in [0.2, 0.25) is 0 Å².